The Morgan fingerprint density at radius 3 is 2.88 bits per heavy atom. The highest BCUT2D eigenvalue weighted by molar-refractivity contribution is 6.04. The minimum absolute atomic E-state index is 0.0132. The maximum Gasteiger partial charge on any atom is 0.178 e. The second kappa shape index (κ2) is 3.96. The fourth-order valence-corrected chi connectivity index (χ4v) is 3.62. The molecule has 0 aromatic heterocycles. The Morgan fingerprint density at radius 1 is 1.59 bits per heavy atom. The van der Waals surface area contributed by atoms with Crippen molar-refractivity contribution >= 4 is 5.78 Å². The van der Waals surface area contributed by atoms with E-state index in [9.17, 15) is 4.79 Å². The van der Waals surface area contributed by atoms with Crippen LogP contribution in [-0.2, 0) is 4.79 Å². The summed E-state index contributed by atoms with van der Waals surface area (Å²) in [5, 5.41) is 12.5. The molecule has 0 radical (unpaired) electrons. The number of ketones is 1. The predicted molar refractivity (Wildman–Crippen MR) is 66.2 cm³/mol. The quantitative estimate of drug-likeness (QED) is 0.752. The van der Waals surface area contributed by atoms with E-state index in [0.29, 0.717) is 11.5 Å². The van der Waals surface area contributed by atoms with Crippen molar-refractivity contribution in [3.05, 3.63) is 11.6 Å². The first-order chi connectivity index (χ1) is 7.98. The van der Waals surface area contributed by atoms with Crippen molar-refractivity contribution in [2.75, 3.05) is 13.1 Å². The first-order valence-electron chi connectivity index (χ1n) is 6.36. The topological polar surface area (TPSA) is 52.9 Å². The van der Waals surface area contributed by atoms with Crippen LogP contribution >= 0.6 is 0 Å². The van der Waals surface area contributed by atoms with Gasteiger partial charge >= 0.3 is 0 Å². The van der Waals surface area contributed by atoms with E-state index in [2.05, 4.69) is 18.3 Å². The minimum atomic E-state index is -0.405. The molecule has 1 aliphatic heterocycles. The molecule has 0 spiro atoms. The zero-order valence-electron chi connectivity index (χ0n) is 10.8. The molecule has 1 heterocycles. The van der Waals surface area contributed by atoms with Gasteiger partial charge in [0.25, 0.3) is 0 Å². The van der Waals surface area contributed by atoms with Crippen LogP contribution in [0.15, 0.2) is 11.6 Å². The van der Waals surface area contributed by atoms with E-state index in [-0.39, 0.29) is 11.2 Å². The SMILES string of the molecule is CCC12C=C(C#N)C(=O)C(C)(C)C1CCNC2. The highest BCUT2D eigenvalue weighted by atomic mass is 16.1. The van der Waals surface area contributed by atoms with Gasteiger partial charge in [-0.1, -0.05) is 26.8 Å². The molecule has 3 heteroatoms. The summed E-state index contributed by atoms with van der Waals surface area (Å²) in [6.45, 7) is 8.01. The summed E-state index contributed by atoms with van der Waals surface area (Å²) in [7, 11) is 0. The number of carbonyl (C=O) groups excluding carboxylic acids is 1. The average Bonchev–Trinajstić information content (AvgIpc) is 2.34. The van der Waals surface area contributed by atoms with Gasteiger partial charge in [0.15, 0.2) is 5.78 Å². The minimum Gasteiger partial charge on any atom is -0.316 e. The Labute approximate surface area is 103 Å². The number of Topliss-reactive ketones (excluding diaryl/α,β-unsaturated/α-hetero) is 1. The van der Waals surface area contributed by atoms with Gasteiger partial charge in [0, 0.05) is 17.4 Å². The van der Waals surface area contributed by atoms with Gasteiger partial charge in [-0.2, -0.15) is 5.26 Å². The third-order valence-corrected chi connectivity index (χ3v) is 4.67. The number of piperidine rings is 1. The van der Waals surface area contributed by atoms with E-state index >= 15 is 0 Å². The van der Waals surface area contributed by atoms with Crippen LogP contribution in [0.4, 0.5) is 0 Å². The fraction of sp³-hybridized carbons (Fsp3) is 0.714. The van der Waals surface area contributed by atoms with Gasteiger partial charge in [0.05, 0.1) is 5.57 Å². The van der Waals surface area contributed by atoms with Crippen LogP contribution in [0.3, 0.4) is 0 Å². The highest BCUT2D eigenvalue weighted by Crippen LogP contribution is 2.52. The number of allylic oxidation sites excluding steroid dienone is 1. The highest BCUT2D eigenvalue weighted by Gasteiger charge is 2.53. The molecular weight excluding hydrogens is 212 g/mol. The van der Waals surface area contributed by atoms with Gasteiger partial charge in [-0.3, -0.25) is 4.79 Å². The maximum absolute atomic E-state index is 12.3. The molecule has 2 rings (SSSR count). The van der Waals surface area contributed by atoms with Crippen molar-refractivity contribution in [3.63, 3.8) is 0 Å². The van der Waals surface area contributed by atoms with Crippen LogP contribution in [0.1, 0.15) is 33.6 Å². The number of rotatable bonds is 1. The van der Waals surface area contributed by atoms with Crippen LogP contribution in [0.25, 0.3) is 0 Å². The molecule has 0 aromatic rings. The Bertz CT molecular complexity index is 416. The first-order valence-corrected chi connectivity index (χ1v) is 6.36. The van der Waals surface area contributed by atoms with Crippen molar-refractivity contribution in [1.29, 1.82) is 5.26 Å². The number of nitriles is 1. The number of hydrogen-bond acceptors (Lipinski definition) is 3. The molecule has 1 fully saturated rings. The second-order valence-electron chi connectivity index (χ2n) is 5.83. The number of fused-ring (bicyclic) bond motifs is 1. The lowest BCUT2D eigenvalue weighted by molar-refractivity contribution is -0.131. The molecule has 1 aliphatic carbocycles. The summed E-state index contributed by atoms with van der Waals surface area (Å²) in [5.41, 5.74) is -0.0599. The molecule has 3 nitrogen and oxygen atoms in total. The molecule has 2 atom stereocenters. The molecule has 0 amide bonds. The number of nitrogens with zero attached hydrogens (tertiary/aromatic N) is 1. The number of hydrogen-bond donors (Lipinski definition) is 1. The average molecular weight is 232 g/mol. The third kappa shape index (κ3) is 1.63. The van der Waals surface area contributed by atoms with Crippen LogP contribution in [0.5, 0.6) is 0 Å². The molecule has 0 aromatic carbocycles. The van der Waals surface area contributed by atoms with Crippen LogP contribution < -0.4 is 5.32 Å². The lowest BCUT2D eigenvalue weighted by Crippen LogP contribution is -2.55. The summed E-state index contributed by atoms with van der Waals surface area (Å²) in [4.78, 5) is 12.3. The fourth-order valence-electron chi connectivity index (χ4n) is 3.62. The Balaban J connectivity index is 2.56. The van der Waals surface area contributed by atoms with E-state index < -0.39 is 5.41 Å². The summed E-state index contributed by atoms with van der Waals surface area (Å²) in [5.74, 6) is 0.377. The van der Waals surface area contributed by atoms with Crippen molar-refractivity contribution in [2.24, 2.45) is 16.7 Å². The van der Waals surface area contributed by atoms with E-state index in [1.165, 1.54) is 0 Å². The Hall–Kier alpha value is -1.14. The molecule has 0 bridgehead atoms. The lowest BCUT2D eigenvalue weighted by Gasteiger charge is -2.51. The van der Waals surface area contributed by atoms with E-state index in [1.54, 1.807) is 0 Å². The molecule has 2 aliphatic rings. The second-order valence-corrected chi connectivity index (χ2v) is 5.83. The van der Waals surface area contributed by atoms with Crippen molar-refractivity contribution < 1.29 is 4.79 Å². The van der Waals surface area contributed by atoms with Gasteiger partial charge in [0.1, 0.15) is 6.07 Å². The monoisotopic (exact) mass is 232 g/mol. The third-order valence-electron chi connectivity index (χ3n) is 4.67. The van der Waals surface area contributed by atoms with E-state index in [1.807, 2.05) is 19.9 Å². The Morgan fingerprint density at radius 2 is 2.29 bits per heavy atom. The van der Waals surface area contributed by atoms with Gasteiger partial charge in [-0.05, 0) is 25.3 Å². The zero-order chi connectivity index (χ0) is 12.7. The normalized spacial score (nSPS) is 35.8. The van der Waals surface area contributed by atoms with E-state index in [4.69, 9.17) is 5.26 Å². The molecule has 2 unspecified atom stereocenters. The smallest absolute Gasteiger partial charge is 0.178 e. The zero-order valence-corrected chi connectivity index (χ0v) is 10.8. The summed E-state index contributed by atoms with van der Waals surface area (Å²) in [6, 6.07) is 2.09. The van der Waals surface area contributed by atoms with Crippen LogP contribution in [0, 0.1) is 28.1 Å². The largest absolute Gasteiger partial charge is 0.316 e. The van der Waals surface area contributed by atoms with E-state index in [0.717, 1.165) is 25.9 Å². The molecule has 1 N–H and O–H groups in total. The van der Waals surface area contributed by atoms with Crippen LogP contribution in [-0.4, -0.2) is 18.9 Å². The van der Waals surface area contributed by atoms with Crippen molar-refractivity contribution in [2.45, 2.75) is 33.6 Å². The maximum atomic E-state index is 12.3. The summed E-state index contributed by atoms with van der Waals surface area (Å²) >= 11 is 0. The molecule has 1 saturated heterocycles. The van der Waals surface area contributed by atoms with Gasteiger partial charge in [-0.15, -0.1) is 0 Å². The summed E-state index contributed by atoms with van der Waals surface area (Å²) < 4.78 is 0. The van der Waals surface area contributed by atoms with Gasteiger partial charge in [0.2, 0.25) is 0 Å². The molecule has 92 valence electrons. The Kier molecular flexibility index (Phi) is 2.87. The van der Waals surface area contributed by atoms with Crippen molar-refractivity contribution in [1.82, 2.24) is 5.32 Å². The number of nitrogens with one attached hydrogen (secondary N) is 1. The summed E-state index contributed by atoms with van der Waals surface area (Å²) in [6.07, 6.45) is 3.94. The molecule has 17 heavy (non-hydrogen) atoms. The number of carbonyl (C=O) groups is 1. The van der Waals surface area contributed by atoms with Crippen LogP contribution in [0.2, 0.25) is 0 Å². The predicted octanol–water partition coefficient (Wildman–Crippen LogP) is 2.05. The van der Waals surface area contributed by atoms with Gasteiger partial charge in [-0.25, -0.2) is 0 Å². The van der Waals surface area contributed by atoms with Gasteiger partial charge < -0.3 is 5.32 Å². The standard InChI is InChI=1S/C14H20N2O/c1-4-14-7-10(8-15)12(17)13(2,3)11(14)5-6-16-9-14/h7,11,16H,4-6,9H2,1-3H3. The van der Waals surface area contributed by atoms with Crippen molar-refractivity contribution in [3.8, 4) is 6.07 Å². The first kappa shape index (κ1) is 12.3. The molecular formula is C14H20N2O. The molecule has 0 saturated carbocycles. The lowest BCUT2D eigenvalue weighted by atomic mass is 9.53.